The van der Waals surface area contributed by atoms with Crippen molar-refractivity contribution >= 4 is 33.2 Å². The van der Waals surface area contributed by atoms with Crippen molar-refractivity contribution in [2.75, 3.05) is 9.80 Å². The van der Waals surface area contributed by atoms with Gasteiger partial charge in [0.2, 0.25) is 0 Å². The van der Waals surface area contributed by atoms with Gasteiger partial charge in [-0.3, -0.25) is 0 Å². The molecule has 6 heteroatoms. The summed E-state index contributed by atoms with van der Waals surface area (Å²) in [5.41, 5.74) is 13.0. The average Bonchev–Trinajstić information content (AvgIpc) is 3.93. The van der Waals surface area contributed by atoms with E-state index in [1.165, 1.54) is 33.4 Å². The van der Waals surface area contributed by atoms with Crippen LogP contribution in [0.2, 0.25) is 0 Å². The number of pyridine rings is 1. The molecule has 67 heavy (non-hydrogen) atoms. The summed E-state index contributed by atoms with van der Waals surface area (Å²) in [5, 5.41) is 2.20. The number of anilines is 2. The Morgan fingerprint density at radius 2 is 1.18 bits per heavy atom. The fourth-order valence-electron chi connectivity index (χ4n) is 9.00. The van der Waals surface area contributed by atoms with Crippen LogP contribution < -0.4 is 14.5 Å². The summed E-state index contributed by atoms with van der Waals surface area (Å²) in [6, 6.07) is 67.5. The molecule has 0 atom stereocenters. The first-order valence-electron chi connectivity index (χ1n) is 22.9. The predicted octanol–water partition coefficient (Wildman–Crippen LogP) is 15.8. The van der Waals surface area contributed by atoms with E-state index in [-0.39, 0.29) is 37.3 Å². The van der Waals surface area contributed by atoms with Crippen molar-refractivity contribution in [3.05, 3.63) is 223 Å². The molecule has 0 saturated heterocycles. The van der Waals surface area contributed by atoms with Gasteiger partial charge in [-0.05, 0) is 91.7 Å². The molecule has 0 saturated carbocycles. The summed E-state index contributed by atoms with van der Waals surface area (Å²) in [6.07, 6.45) is 4.19. The largest absolute Gasteiger partial charge is 0.509 e. The van der Waals surface area contributed by atoms with Gasteiger partial charge in [0.25, 0.3) is 0 Å². The minimum absolute atomic E-state index is 0. The van der Waals surface area contributed by atoms with Gasteiger partial charge >= 0.3 is 0 Å². The number of hydrogen-bond donors (Lipinski definition) is 0. The van der Waals surface area contributed by atoms with Crippen molar-refractivity contribution < 1.29 is 25.8 Å². The van der Waals surface area contributed by atoms with E-state index < -0.39 is 0 Å². The molecule has 1 aliphatic heterocycles. The molecule has 9 aromatic rings. The number of fused-ring (bicyclic) bond motifs is 3. The number of ether oxygens (including phenoxy) is 1. The van der Waals surface area contributed by atoms with Crippen LogP contribution in [0.5, 0.6) is 11.5 Å². The molecule has 0 fully saturated rings. The van der Waals surface area contributed by atoms with E-state index in [0.717, 1.165) is 50.3 Å². The maximum atomic E-state index is 6.76. The van der Waals surface area contributed by atoms with Crippen molar-refractivity contribution in [3.8, 4) is 39.6 Å². The maximum Gasteiger partial charge on any atom is 0.135 e. The van der Waals surface area contributed by atoms with Crippen LogP contribution in [-0.4, -0.2) is 9.55 Å². The number of nitrogens with zero attached hydrogens (tertiary/aromatic N) is 4. The Bertz CT molecular complexity index is 3250. The summed E-state index contributed by atoms with van der Waals surface area (Å²) < 4.78 is 8.98. The van der Waals surface area contributed by atoms with Crippen LogP contribution in [0, 0.1) is 18.8 Å². The molecular formula is C61H55N4OPt-3. The Morgan fingerprint density at radius 3 is 1.87 bits per heavy atom. The molecule has 0 aliphatic carbocycles. The Kier molecular flexibility index (Phi) is 12.1. The third-order valence-corrected chi connectivity index (χ3v) is 12.9. The average molecular weight is 1060 g/mol. The van der Waals surface area contributed by atoms with Crippen LogP contribution in [0.15, 0.2) is 188 Å². The number of rotatable bonds is 9. The van der Waals surface area contributed by atoms with Crippen LogP contribution in [0.3, 0.4) is 0 Å². The monoisotopic (exact) mass is 1050 g/mol. The fourth-order valence-corrected chi connectivity index (χ4v) is 9.00. The Balaban J connectivity index is 0.00000562. The molecule has 3 heterocycles. The molecule has 0 radical (unpaired) electrons. The zero-order chi connectivity index (χ0) is 45.8. The first-order chi connectivity index (χ1) is 31.7. The van der Waals surface area contributed by atoms with Gasteiger partial charge in [-0.1, -0.05) is 170 Å². The standard InChI is InChI=1S/C61H55N4O.Pt/c1-59(2,3)47-31-32-62-58(37-47)65-55-30-27-44(42-19-12-9-13-20-42)35-54(55)53-29-28-52(39-56(53)65)66-51-26-18-25-49(38-51)64-41-63(40-57(64)61(7,8)46-23-16-11-17-24-46)50-34-45(43-21-14-10-15-22-43)33-48(36-50)60(4,5)6;/h9-37,40-41H,1-8H3;/q-3;. The van der Waals surface area contributed by atoms with Crippen molar-refractivity contribution in [1.29, 1.82) is 0 Å². The number of benzene rings is 7. The summed E-state index contributed by atoms with van der Waals surface area (Å²) in [5.74, 6) is 2.03. The third-order valence-electron chi connectivity index (χ3n) is 12.9. The number of hydrogen-bond acceptors (Lipinski definition) is 4. The molecule has 10 rings (SSSR count). The Hall–Kier alpha value is -6.68. The summed E-state index contributed by atoms with van der Waals surface area (Å²) in [4.78, 5) is 9.45. The molecule has 0 bridgehead atoms. The van der Waals surface area contributed by atoms with Gasteiger partial charge in [-0.25, -0.2) is 4.98 Å². The molecule has 1 aliphatic rings. The first kappa shape index (κ1) is 45.5. The van der Waals surface area contributed by atoms with Crippen LogP contribution in [-0.2, 0) is 37.3 Å². The van der Waals surface area contributed by atoms with Crippen LogP contribution in [0.25, 0.3) is 49.9 Å². The summed E-state index contributed by atoms with van der Waals surface area (Å²) in [7, 11) is 0. The van der Waals surface area contributed by atoms with Gasteiger partial charge in [-0.2, -0.15) is 12.1 Å². The second kappa shape index (κ2) is 17.8. The van der Waals surface area contributed by atoms with Gasteiger partial charge in [0.1, 0.15) is 5.82 Å². The summed E-state index contributed by atoms with van der Waals surface area (Å²) in [6.45, 7) is 20.3. The zero-order valence-electron chi connectivity index (χ0n) is 39.4. The molecular weight excluding hydrogens is 1000 g/mol. The fraction of sp³-hybridized carbons (Fsp3) is 0.180. The first-order valence-corrected chi connectivity index (χ1v) is 22.9. The van der Waals surface area contributed by atoms with Crippen LogP contribution in [0.4, 0.5) is 11.4 Å². The van der Waals surface area contributed by atoms with E-state index in [1.54, 1.807) is 0 Å². The van der Waals surface area contributed by atoms with E-state index >= 15 is 0 Å². The minimum atomic E-state index is -0.369. The van der Waals surface area contributed by atoms with Crippen molar-refractivity contribution in [3.63, 3.8) is 0 Å². The quantitative estimate of drug-likeness (QED) is 0.135. The van der Waals surface area contributed by atoms with Gasteiger partial charge < -0.3 is 19.1 Å². The van der Waals surface area contributed by atoms with Crippen LogP contribution >= 0.6 is 0 Å². The summed E-state index contributed by atoms with van der Waals surface area (Å²) >= 11 is 0. The Labute approximate surface area is 410 Å². The second-order valence-electron chi connectivity index (χ2n) is 20.0. The SMILES string of the molecule is CC(C)(C)c1cc(-c2ccccc2)cc(N2C=C(C(C)(C)c3ccccc3)N(c3[c-]c(Oc4[c-]c5c(cc4)c4cc(-c6ccccc6)ccc4n5-c4cc(C(C)(C)C)ccn4)ccc3)[CH-]2)c1.[Pt]. The minimum Gasteiger partial charge on any atom is -0.509 e. The topological polar surface area (TPSA) is 33.5 Å². The van der Waals surface area contributed by atoms with Gasteiger partial charge in [0.15, 0.2) is 0 Å². The van der Waals surface area contributed by atoms with Crippen molar-refractivity contribution in [2.45, 2.75) is 71.6 Å². The van der Waals surface area contributed by atoms with Gasteiger partial charge in [0, 0.05) is 61.1 Å². The van der Waals surface area contributed by atoms with E-state index in [2.05, 4.69) is 246 Å². The molecule has 0 spiro atoms. The molecule has 0 amide bonds. The predicted molar refractivity (Wildman–Crippen MR) is 274 cm³/mol. The molecule has 0 N–H and O–H groups in total. The smallest absolute Gasteiger partial charge is 0.135 e. The maximum absolute atomic E-state index is 6.76. The van der Waals surface area contributed by atoms with Gasteiger partial charge in [0.05, 0.1) is 0 Å². The van der Waals surface area contributed by atoms with Crippen LogP contribution in [0.1, 0.15) is 72.1 Å². The Morgan fingerprint density at radius 1 is 0.522 bits per heavy atom. The molecule has 2 aromatic heterocycles. The third kappa shape index (κ3) is 8.98. The second-order valence-corrected chi connectivity index (χ2v) is 20.0. The number of allylic oxidation sites excluding steroid dienone is 1. The van der Waals surface area contributed by atoms with Crippen molar-refractivity contribution in [1.82, 2.24) is 9.55 Å². The normalized spacial score (nSPS) is 13.2. The van der Waals surface area contributed by atoms with E-state index in [0.29, 0.717) is 11.5 Å². The van der Waals surface area contributed by atoms with Crippen molar-refractivity contribution in [2.24, 2.45) is 0 Å². The molecule has 338 valence electrons. The molecule has 7 aromatic carbocycles. The van der Waals surface area contributed by atoms with E-state index in [4.69, 9.17) is 9.72 Å². The van der Waals surface area contributed by atoms with E-state index in [9.17, 15) is 0 Å². The van der Waals surface area contributed by atoms with E-state index in [1.807, 2.05) is 24.4 Å². The molecule has 5 nitrogen and oxygen atoms in total. The molecule has 0 unspecified atom stereocenters. The van der Waals surface area contributed by atoms with Gasteiger partial charge in [-0.15, -0.1) is 48.1 Å². The zero-order valence-corrected chi connectivity index (χ0v) is 41.7. The number of aromatic nitrogens is 2.